The zero-order chi connectivity index (χ0) is 20.4. The molecule has 2 aromatic rings. The van der Waals surface area contributed by atoms with E-state index in [-0.39, 0.29) is 5.56 Å². The zero-order valence-electron chi connectivity index (χ0n) is 16.0. The van der Waals surface area contributed by atoms with E-state index < -0.39 is 17.5 Å². The third-order valence-electron chi connectivity index (χ3n) is 3.96. The van der Waals surface area contributed by atoms with Gasteiger partial charge in [0.1, 0.15) is 0 Å². The number of aryl methyl sites for hydroxylation is 2. The number of carbonyl (C=O) groups is 2. The van der Waals surface area contributed by atoms with Crippen molar-refractivity contribution in [3.63, 3.8) is 0 Å². The lowest BCUT2D eigenvalue weighted by molar-refractivity contribution is 0.0460. The summed E-state index contributed by atoms with van der Waals surface area (Å²) < 4.78 is 0. The summed E-state index contributed by atoms with van der Waals surface area (Å²) in [6, 6.07) is 9.65. The van der Waals surface area contributed by atoms with Gasteiger partial charge < -0.3 is 5.32 Å². The van der Waals surface area contributed by atoms with Crippen molar-refractivity contribution in [1.29, 1.82) is 0 Å². The van der Waals surface area contributed by atoms with Crippen molar-refractivity contribution in [2.45, 2.75) is 40.2 Å². The van der Waals surface area contributed by atoms with Crippen LogP contribution in [-0.2, 0) is 0 Å². The van der Waals surface area contributed by atoms with Gasteiger partial charge in [-0.15, -0.1) is 0 Å². The lowest BCUT2D eigenvalue weighted by Crippen LogP contribution is -2.56. The maximum absolute atomic E-state index is 12.9. The maximum Gasteiger partial charge on any atom is 0.338 e. The fourth-order valence-electron chi connectivity index (χ4n) is 2.41. The monoisotopic (exact) mass is 407 g/mol. The molecule has 0 saturated carbocycles. The first-order valence-corrected chi connectivity index (χ1v) is 9.18. The number of carbonyl (C=O) groups excluding carboxylic acids is 2. The molecule has 7 heteroatoms. The maximum atomic E-state index is 12.9. The molecule has 0 aliphatic rings. The van der Waals surface area contributed by atoms with Gasteiger partial charge in [0.15, 0.2) is 0 Å². The third kappa shape index (κ3) is 5.62. The Balaban J connectivity index is 2.22. The molecule has 2 N–H and O–H groups in total. The summed E-state index contributed by atoms with van der Waals surface area (Å²) in [5.74, 6) is -0.415. The molecule has 0 heterocycles. The Bertz CT molecular complexity index is 856. The van der Waals surface area contributed by atoms with Crippen LogP contribution in [0.3, 0.4) is 0 Å². The summed E-state index contributed by atoms with van der Waals surface area (Å²) in [6.07, 6.45) is 0. The summed E-state index contributed by atoms with van der Waals surface area (Å²) in [5, 5.41) is 4.69. The molecule has 27 heavy (non-hydrogen) atoms. The highest BCUT2D eigenvalue weighted by atomic mass is 35.5. The Kier molecular flexibility index (Phi) is 6.39. The van der Waals surface area contributed by atoms with Crippen LogP contribution in [0.2, 0.25) is 10.0 Å². The van der Waals surface area contributed by atoms with Gasteiger partial charge >= 0.3 is 6.03 Å². The van der Waals surface area contributed by atoms with E-state index in [2.05, 4.69) is 10.7 Å². The molecule has 0 radical (unpaired) electrons. The number of nitrogens with one attached hydrogen (secondary N) is 2. The Morgan fingerprint density at radius 3 is 2.04 bits per heavy atom. The van der Waals surface area contributed by atoms with E-state index in [9.17, 15) is 9.59 Å². The van der Waals surface area contributed by atoms with Crippen molar-refractivity contribution < 1.29 is 9.59 Å². The average Bonchev–Trinajstić information content (AvgIpc) is 2.53. The zero-order valence-corrected chi connectivity index (χ0v) is 17.5. The molecule has 0 fully saturated rings. The van der Waals surface area contributed by atoms with Gasteiger partial charge in [-0.25, -0.2) is 15.2 Å². The molecule has 0 aromatic heterocycles. The number of nitrogens with zero attached hydrogens (tertiary/aromatic N) is 1. The van der Waals surface area contributed by atoms with Gasteiger partial charge in [-0.3, -0.25) is 4.79 Å². The molecule has 2 aromatic carbocycles. The van der Waals surface area contributed by atoms with Crippen LogP contribution in [0.4, 0.5) is 10.5 Å². The van der Waals surface area contributed by atoms with Crippen LogP contribution in [0.5, 0.6) is 0 Å². The van der Waals surface area contributed by atoms with Crippen LogP contribution in [-0.4, -0.2) is 22.5 Å². The smallest absolute Gasteiger partial charge is 0.307 e. The Hall–Kier alpha value is -2.24. The lowest BCUT2D eigenvalue weighted by Gasteiger charge is -2.35. The van der Waals surface area contributed by atoms with Crippen LogP contribution in [0.15, 0.2) is 36.4 Å². The van der Waals surface area contributed by atoms with E-state index >= 15 is 0 Å². The van der Waals surface area contributed by atoms with Crippen molar-refractivity contribution in [3.05, 3.63) is 63.1 Å². The first kappa shape index (κ1) is 21.1. The second-order valence-corrected chi connectivity index (χ2v) is 8.21. The highest BCUT2D eigenvalue weighted by Crippen LogP contribution is 2.22. The minimum absolute atomic E-state index is 0.286. The Labute approximate surface area is 169 Å². The van der Waals surface area contributed by atoms with Crippen LogP contribution < -0.4 is 10.7 Å². The van der Waals surface area contributed by atoms with Crippen molar-refractivity contribution in [3.8, 4) is 0 Å². The molecule has 0 spiro atoms. The number of hydrogen-bond donors (Lipinski definition) is 2. The number of rotatable bonds is 2. The molecule has 0 bridgehead atoms. The van der Waals surface area contributed by atoms with E-state index in [0.29, 0.717) is 15.7 Å². The van der Waals surface area contributed by atoms with Gasteiger partial charge in [0.25, 0.3) is 5.91 Å². The normalized spacial score (nSPS) is 11.1. The highest BCUT2D eigenvalue weighted by Gasteiger charge is 2.29. The summed E-state index contributed by atoms with van der Waals surface area (Å²) in [6.45, 7) is 9.40. The molecule has 3 amide bonds. The van der Waals surface area contributed by atoms with E-state index in [1.807, 2.05) is 52.8 Å². The number of benzene rings is 2. The van der Waals surface area contributed by atoms with Crippen LogP contribution in [0.1, 0.15) is 42.3 Å². The molecular weight excluding hydrogens is 385 g/mol. The SMILES string of the molecule is Cc1ccc(NC(=O)NN(C(=O)c2cc(Cl)cc(Cl)c2)C(C)(C)C)cc1C. The van der Waals surface area contributed by atoms with Crippen molar-refractivity contribution in [2.24, 2.45) is 0 Å². The summed E-state index contributed by atoms with van der Waals surface area (Å²) in [5.41, 5.74) is 5.07. The van der Waals surface area contributed by atoms with Crippen LogP contribution in [0, 0.1) is 13.8 Å². The number of urea groups is 1. The van der Waals surface area contributed by atoms with Gasteiger partial charge in [0, 0.05) is 21.3 Å². The quantitative estimate of drug-likeness (QED) is 0.637. The van der Waals surface area contributed by atoms with Crippen LogP contribution in [0.25, 0.3) is 0 Å². The van der Waals surface area contributed by atoms with Crippen molar-refractivity contribution in [1.82, 2.24) is 10.4 Å². The van der Waals surface area contributed by atoms with Gasteiger partial charge in [0.05, 0.1) is 5.54 Å². The fraction of sp³-hybridized carbons (Fsp3) is 0.300. The highest BCUT2D eigenvalue weighted by molar-refractivity contribution is 6.35. The number of halogens is 2. The van der Waals surface area contributed by atoms with Gasteiger partial charge in [-0.2, -0.15) is 0 Å². The summed E-state index contributed by atoms with van der Waals surface area (Å²) >= 11 is 12.0. The third-order valence-corrected chi connectivity index (χ3v) is 4.40. The first-order chi connectivity index (χ1) is 12.5. The molecule has 0 aliphatic heterocycles. The molecule has 0 saturated heterocycles. The molecular formula is C20H23Cl2N3O2. The minimum Gasteiger partial charge on any atom is -0.307 e. The van der Waals surface area contributed by atoms with Gasteiger partial charge in [-0.05, 0) is 76.1 Å². The number of hydrazine groups is 1. The van der Waals surface area contributed by atoms with Gasteiger partial charge in [0.2, 0.25) is 0 Å². The Morgan fingerprint density at radius 2 is 1.52 bits per heavy atom. The minimum atomic E-state index is -0.674. The number of hydrogen-bond acceptors (Lipinski definition) is 2. The molecule has 0 aliphatic carbocycles. The molecule has 144 valence electrons. The van der Waals surface area contributed by atoms with Crippen LogP contribution >= 0.6 is 23.2 Å². The molecule has 0 atom stereocenters. The lowest BCUT2D eigenvalue weighted by atomic mass is 10.1. The predicted molar refractivity (Wildman–Crippen MR) is 110 cm³/mol. The van der Waals surface area contributed by atoms with E-state index in [0.717, 1.165) is 11.1 Å². The summed E-state index contributed by atoms with van der Waals surface area (Å²) in [4.78, 5) is 25.4. The summed E-state index contributed by atoms with van der Waals surface area (Å²) in [7, 11) is 0. The number of anilines is 1. The topological polar surface area (TPSA) is 61.4 Å². The molecule has 0 unspecified atom stereocenters. The average molecular weight is 408 g/mol. The second kappa shape index (κ2) is 8.19. The fourth-order valence-corrected chi connectivity index (χ4v) is 2.94. The van der Waals surface area contributed by atoms with Crippen molar-refractivity contribution >= 4 is 40.8 Å². The molecule has 2 rings (SSSR count). The largest absolute Gasteiger partial charge is 0.338 e. The van der Waals surface area contributed by atoms with Gasteiger partial charge in [-0.1, -0.05) is 29.3 Å². The van der Waals surface area contributed by atoms with E-state index in [1.54, 1.807) is 6.07 Å². The van der Waals surface area contributed by atoms with Crippen molar-refractivity contribution in [2.75, 3.05) is 5.32 Å². The first-order valence-electron chi connectivity index (χ1n) is 8.43. The standard InChI is InChI=1S/C20H23Cl2N3O2/c1-12-6-7-17(8-13(12)2)23-19(27)24-25(20(3,4)5)18(26)14-9-15(21)11-16(22)10-14/h6-11H,1-5H3,(H2,23,24,27). The second-order valence-electron chi connectivity index (χ2n) is 7.33. The predicted octanol–water partition coefficient (Wildman–Crippen LogP) is 5.59. The van der Waals surface area contributed by atoms with E-state index in [1.165, 1.54) is 17.1 Å². The van der Waals surface area contributed by atoms with E-state index in [4.69, 9.17) is 23.2 Å². The molecule has 5 nitrogen and oxygen atoms in total. The number of amides is 3. The Morgan fingerprint density at radius 1 is 0.926 bits per heavy atom.